The average molecular weight is 359 g/mol. The molecule has 1 N–H and O–H groups in total. The second-order valence-electron chi connectivity index (χ2n) is 6.02. The van der Waals surface area contributed by atoms with E-state index in [1.807, 2.05) is 47.8 Å². The van der Waals surface area contributed by atoms with Gasteiger partial charge in [0, 0.05) is 22.8 Å². The van der Waals surface area contributed by atoms with Crippen LogP contribution in [0.4, 0.5) is 5.69 Å². The fraction of sp³-hybridized carbons (Fsp3) is 0.182. The molecule has 3 rings (SSSR count). The van der Waals surface area contributed by atoms with E-state index in [4.69, 9.17) is 0 Å². The Balaban J connectivity index is 1.71. The van der Waals surface area contributed by atoms with Crippen LogP contribution in [0.2, 0.25) is 0 Å². The second-order valence-corrected chi connectivity index (χ2v) is 6.88. The normalized spacial score (nSPS) is 11.2. The molecule has 0 fully saturated rings. The lowest BCUT2D eigenvalue weighted by atomic mass is 10.1. The van der Waals surface area contributed by atoms with Crippen molar-refractivity contribution >= 4 is 22.6 Å². The van der Waals surface area contributed by atoms with Crippen molar-refractivity contribution in [3.8, 4) is 17.3 Å². The van der Waals surface area contributed by atoms with Crippen molar-refractivity contribution < 1.29 is 0 Å². The lowest BCUT2D eigenvalue weighted by Crippen LogP contribution is -1.92. The van der Waals surface area contributed by atoms with Crippen LogP contribution in [0.5, 0.6) is 0 Å². The Morgan fingerprint density at radius 1 is 1.15 bits per heavy atom. The molecule has 26 heavy (non-hydrogen) atoms. The van der Waals surface area contributed by atoms with E-state index in [2.05, 4.69) is 35.4 Å². The van der Waals surface area contributed by atoms with Gasteiger partial charge in [-0.15, -0.1) is 11.3 Å². The Morgan fingerprint density at radius 3 is 2.62 bits per heavy atom. The number of aryl methyl sites for hydroxylation is 1. The number of rotatable bonds is 7. The molecule has 130 valence electrons. The smallest absolute Gasteiger partial charge is 0.136 e. The maximum absolute atomic E-state index is 9.49. The molecule has 3 aromatic rings. The third kappa shape index (κ3) is 4.59. The number of anilines is 1. The molecule has 1 aromatic heterocycles. The number of hydrogen-bond acceptors (Lipinski definition) is 4. The molecule has 0 unspecified atom stereocenters. The molecule has 1 heterocycles. The minimum absolute atomic E-state index is 0.534. The van der Waals surface area contributed by atoms with Crippen LogP contribution in [0.3, 0.4) is 0 Å². The Kier molecular flexibility index (Phi) is 6.19. The molecule has 0 radical (unpaired) electrons. The molecule has 4 heteroatoms. The number of nitrogens with zero attached hydrogens (tertiary/aromatic N) is 2. The summed E-state index contributed by atoms with van der Waals surface area (Å²) in [6, 6.07) is 20.6. The molecule has 0 saturated carbocycles. The van der Waals surface area contributed by atoms with Crippen LogP contribution >= 0.6 is 11.3 Å². The third-order valence-corrected chi connectivity index (χ3v) is 4.96. The number of allylic oxidation sites excluding steroid dienone is 1. The summed E-state index contributed by atoms with van der Waals surface area (Å²) in [5, 5.41) is 15.4. The van der Waals surface area contributed by atoms with Gasteiger partial charge in [0.15, 0.2) is 0 Å². The van der Waals surface area contributed by atoms with Crippen molar-refractivity contribution in [1.82, 2.24) is 4.98 Å². The molecule has 0 saturated heterocycles. The highest BCUT2D eigenvalue weighted by molar-refractivity contribution is 7.11. The van der Waals surface area contributed by atoms with Crippen LogP contribution in [-0.2, 0) is 6.42 Å². The van der Waals surface area contributed by atoms with Gasteiger partial charge in [0.25, 0.3) is 0 Å². The Hall–Kier alpha value is -2.90. The highest BCUT2D eigenvalue weighted by Gasteiger charge is 2.08. The van der Waals surface area contributed by atoms with Crippen LogP contribution in [0.25, 0.3) is 16.8 Å². The Labute approximate surface area is 158 Å². The number of benzene rings is 2. The minimum atomic E-state index is 0.534. The van der Waals surface area contributed by atoms with Crippen molar-refractivity contribution in [3.05, 3.63) is 76.7 Å². The van der Waals surface area contributed by atoms with Gasteiger partial charge < -0.3 is 5.32 Å². The highest BCUT2D eigenvalue weighted by atomic mass is 32.1. The zero-order chi connectivity index (χ0) is 18.2. The van der Waals surface area contributed by atoms with Gasteiger partial charge in [-0.1, -0.05) is 55.8 Å². The summed E-state index contributed by atoms with van der Waals surface area (Å²) in [6.07, 6.45) is 5.25. The summed E-state index contributed by atoms with van der Waals surface area (Å²) in [5.74, 6) is 0. The van der Waals surface area contributed by atoms with Gasteiger partial charge in [0.05, 0.1) is 5.69 Å². The molecule has 3 nitrogen and oxygen atoms in total. The van der Waals surface area contributed by atoms with E-state index in [0.717, 1.165) is 28.4 Å². The van der Waals surface area contributed by atoms with E-state index in [-0.39, 0.29) is 0 Å². The quantitative estimate of drug-likeness (QED) is 0.516. The summed E-state index contributed by atoms with van der Waals surface area (Å²) in [4.78, 5) is 4.60. The number of hydrogen-bond donors (Lipinski definition) is 1. The SMILES string of the molecule is CCCCc1ccc(NC=C(C#N)c2nc(-c3ccccc3)cs2)cc1. The monoisotopic (exact) mass is 359 g/mol. The summed E-state index contributed by atoms with van der Waals surface area (Å²) in [7, 11) is 0. The van der Waals surface area contributed by atoms with Crippen LogP contribution in [0, 0.1) is 11.3 Å². The molecular weight excluding hydrogens is 338 g/mol. The van der Waals surface area contributed by atoms with E-state index in [1.54, 1.807) is 6.20 Å². The molecule has 0 atom stereocenters. The first-order chi connectivity index (χ1) is 12.8. The first-order valence-electron chi connectivity index (χ1n) is 8.77. The van der Waals surface area contributed by atoms with Gasteiger partial charge in [-0.25, -0.2) is 4.98 Å². The van der Waals surface area contributed by atoms with Gasteiger partial charge in [-0.3, -0.25) is 0 Å². The zero-order valence-corrected chi connectivity index (χ0v) is 15.6. The Bertz CT molecular complexity index is 903. The van der Waals surface area contributed by atoms with Crippen molar-refractivity contribution in [1.29, 1.82) is 5.26 Å². The van der Waals surface area contributed by atoms with Crippen molar-refractivity contribution in [3.63, 3.8) is 0 Å². The largest absolute Gasteiger partial charge is 0.360 e. The third-order valence-electron chi connectivity index (χ3n) is 4.08. The summed E-state index contributed by atoms with van der Waals surface area (Å²) < 4.78 is 0. The number of nitrogens with one attached hydrogen (secondary N) is 1. The zero-order valence-electron chi connectivity index (χ0n) is 14.8. The molecule has 2 aromatic carbocycles. The fourth-order valence-corrected chi connectivity index (χ4v) is 3.38. The van der Waals surface area contributed by atoms with Crippen molar-refractivity contribution in [2.75, 3.05) is 5.32 Å². The van der Waals surface area contributed by atoms with E-state index in [9.17, 15) is 5.26 Å². The van der Waals surface area contributed by atoms with Crippen LogP contribution in [-0.4, -0.2) is 4.98 Å². The predicted octanol–water partition coefficient (Wildman–Crippen LogP) is 6.13. The molecule has 0 aliphatic carbocycles. The van der Waals surface area contributed by atoms with Crippen LogP contribution < -0.4 is 5.32 Å². The van der Waals surface area contributed by atoms with Gasteiger partial charge in [0.1, 0.15) is 16.6 Å². The average Bonchev–Trinajstić information content (AvgIpc) is 3.18. The molecule has 0 bridgehead atoms. The summed E-state index contributed by atoms with van der Waals surface area (Å²) in [6.45, 7) is 2.20. The molecular formula is C22H21N3S. The van der Waals surface area contributed by atoms with Crippen LogP contribution in [0.15, 0.2) is 66.2 Å². The first-order valence-corrected chi connectivity index (χ1v) is 9.65. The molecule has 0 aliphatic heterocycles. The van der Waals surface area contributed by atoms with E-state index >= 15 is 0 Å². The number of thiazole rings is 1. The summed E-state index contributed by atoms with van der Waals surface area (Å²) in [5.41, 5.74) is 4.80. The molecule has 0 spiro atoms. The highest BCUT2D eigenvalue weighted by Crippen LogP contribution is 2.26. The fourth-order valence-electron chi connectivity index (χ4n) is 2.58. The predicted molar refractivity (Wildman–Crippen MR) is 110 cm³/mol. The standard InChI is InChI=1S/C22H21N3S/c1-2-3-7-17-10-12-20(13-11-17)24-15-19(14-23)22-25-21(16-26-22)18-8-5-4-6-9-18/h4-6,8-13,15-16,24H,2-3,7H2,1H3. The lowest BCUT2D eigenvalue weighted by molar-refractivity contribution is 0.795. The first kappa shape index (κ1) is 17.9. The van der Waals surface area contributed by atoms with E-state index < -0.39 is 0 Å². The summed E-state index contributed by atoms with van der Waals surface area (Å²) >= 11 is 1.48. The van der Waals surface area contributed by atoms with Gasteiger partial charge >= 0.3 is 0 Å². The minimum Gasteiger partial charge on any atom is -0.360 e. The number of nitriles is 1. The molecule has 0 amide bonds. The lowest BCUT2D eigenvalue weighted by Gasteiger charge is -2.04. The maximum atomic E-state index is 9.49. The van der Waals surface area contributed by atoms with E-state index in [0.29, 0.717) is 5.57 Å². The number of unbranched alkanes of at least 4 members (excludes halogenated alkanes) is 1. The van der Waals surface area contributed by atoms with Crippen molar-refractivity contribution in [2.45, 2.75) is 26.2 Å². The molecule has 0 aliphatic rings. The second kappa shape index (κ2) is 8.98. The topological polar surface area (TPSA) is 48.7 Å². The number of aromatic nitrogens is 1. The van der Waals surface area contributed by atoms with Crippen LogP contribution in [0.1, 0.15) is 30.3 Å². The van der Waals surface area contributed by atoms with E-state index in [1.165, 1.54) is 29.7 Å². The Morgan fingerprint density at radius 2 is 1.92 bits per heavy atom. The van der Waals surface area contributed by atoms with Crippen molar-refractivity contribution in [2.24, 2.45) is 0 Å². The van der Waals surface area contributed by atoms with Gasteiger partial charge in [-0.2, -0.15) is 5.26 Å². The maximum Gasteiger partial charge on any atom is 0.136 e. The van der Waals surface area contributed by atoms with Gasteiger partial charge in [-0.05, 0) is 30.5 Å². The van der Waals surface area contributed by atoms with Gasteiger partial charge in [0.2, 0.25) is 0 Å².